The standard InChI is InChI=1S/C8H16S/c9-7-8-5-3-1-2-4-6-8/h8-9H,1-7H2. The Kier molecular flexibility index (Phi) is 3.49. The first-order valence-corrected chi connectivity index (χ1v) is 4.67. The van der Waals surface area contributed by atoms with Gasteiger partial charge in [-0.2, -0.15) is 12.6 Å². The molecular weight excluding hydrogens is 128 g/mol. The second kappa shape index (κ2) is 4.21. The van der Waals surface area contributed by atoms with E-state index in [-0.39, 0.29) is 0 Å². The molecule has 0 heterocycles. The van der Waals surface area contributed by atoms with Gasteiger partial charge < -0.3 is 0 Å². The van der Waals surface area contributed by atoms with E-state index in [2.05, 4.69) is 12.6 Å². The van der Waals surface area contributed by atoms with Crippen molar-refractivity contribution in [3.05, 3.63) is 0 Å². The molecule has 0 amide bonds. The summed E-state index contributed by atoms with van der Waals surface area (Å²) in [7, 11) is 0. The topological polar surface area (TPSA) is 0 Å². The molecule has 0 atom stereocenters. The molecule has 0 aromatic heterocycles. The fourth-order valence-corrected chi connectivity index (χ4v) is 1.91. The van der Waals surface area contributed by atoms with E-state index >= 15 is 0 Å². The molecule has 54 valence electrons. The summed E-state index contributed by atoms with van der Waals surface area (Å²) < 4.78 is 0. The summed E-state index contributed by atoms with van der Waals surface area (Å²) in [6.07, 6.45) is 8.69. The molecule has 1 heteroatoms. The molecule has 0 bridgehead atoms. The van der Waals surface area contributed by atoms with Crippen LogP contribution < -0.4 is 0 Å². The van der Waals surface area contributed by atoms with Gasteiger partial charge in [0.05, 0.1) is 0 Å². The molecule has 1 fully saturated rings. The summed E-state index contributed by atoms with van der Waals surface area (Å²) in [5.41, 5.74) is 0. The van der Waals surface area contributed by atoms with Gasteiger partial charge in [-0.25, -0.2) is 0 Å². The fourth-order valence-electron chi connectivity index (χ4n) is 1.55. The van der Waals surface area contributed by atoms with Crippen molar-refractivity contribution < 1.29 is 0 Å². The van der Waals surface area contributed by atoms with E-state index in [1.54, 1.807) is 0 Å². The Morgan fingerprint density at radius 2 is 1.56 bits per heavy atom. The molecule has 9 heavy (non-hydrogen) atoms. The van der Waals surface area contributed by atoms with Crippen molar-refractivity contribution in [2.45, 2.75) is 38.5 Å². The van der Waals surface area contributed by atoms with Gasteiger partial charge in [0, 0.05) is 0 Å². The molecule has 0 spiro atoms. The van der Waals surface area contributed by atoms with Gasteiger partial charge in [-0.3, -0.25) is 0 Å². The molecule has 0 radical (unpaired) electrons. The van der Waals surface area contributed by atoms with Crippen LogP contribution in [0.3, 0.4) is 0 Å². The Hall–Kier alpha value is 0.350. The summed E-state index contributed by atoms with van der Waals surface area (Å²) in [4.78, 5) is 0. The van der Waals surface area contributed by atoms with E-state index in [4.69, 9.17) is 0 Å². The molecule has 0 N–H and O–H groups in total. The highest BCUT2D eigenvalue weighted by atomic mass is 32.1. The Morgan fingerprint density at radius 1 is 1.00 bits per heavy atom. The quantitative estimate of drug-likeness (QED) is 0.424. The third-order valence-corrected chi connectivity index (χ3v) is 2.75. The fraction of sp³-hybridized carbons (Fsp3) is 1.00. The van der Waals surface area contributed by atoms with Crippen LogP contribution in [0.4, 0.5) is 0 Å². The summed E-state index contributed by atoms with van der Waals surface area (Å²) in [6.45, 7) is 0. The third-order valence-electron chi connectivity index (χ3n) is 2.23. The normalized spacial score (nSPS) is 23.7. The first kappa shape index (κ1) is 7.46. The lowest BCUT2D eigenvalue weighted by Gasteiger charge is -2.07. The van der Waals surface area contributed by atoms with Crippen LogP contribution in [0.1, 0.15) is 38.5 Å². The minimum atomic E-state index is 0.941. The molecule has 1 aliphatic rings. The number of hydrogen-bond donors (Lipinski definition) is 1. The second-order valence-corrected chi connectivity index (χ2v) is 3.41. The highest BCUT2D eigenvalue weighted by Gasteiger charge is 2.08. The molecule has 0 nitrogen and oxygen atoms in total. The maximum absolute atomic E-state index is 4.31. The van der Waals surface area contributed by atoms with Crippen molar-refractivity contribution in [1.82, 2.24) is 0 Å². The van der Waals surface area contributed by atoms with E-state index in [1.807, 2.05) is 0 Å². The van der Waals surface area contributed by atoms with Crippen LogP contribution in [-0.2, 0) is 0 Å². The van der Waals surface area contributed by atoms with Crippen molar-refractivity contribution >= 4 is 12.6 Å². The number of hydrogen-bond acceptors (Lipinski definition) is 1. The summed E-state index contributed by atoms with van der Waals surface area (Å²) in [5, 5.41) is 0. The lowest BCUT2D eigenvalue weighted by molar-refractivity contribution is 0.514. The molecule has 0 aromatic rings. The highest BCUT2D eigenvalue weighted by Crippen LogP contribution is 2.23. The van der Waals surface area contributed by atoms with Crippen LogP contribution in [0.25, 0.3) is 0 Å². The van der Waals surface area contributed by atoms with Crippen molar-refractivity contribution in [3.8, 4) is 0 Å². The van der Waals surface area contributed by atoms with Crippen molar-refractivity contribution in [3.63, 3.8) is 0 Å². The predicted octanol–water partition coefficient (Wildman–Crippen LogP) is 2.89. The molecule has 1 saturated carbocycles. The van der Waals surface area contributed by atoms with Gasteiger partial charge in [0.2, 0.25) is 0 Å². The zero-order valence-electron chi connectivity index (χ0n) is 5.97. The van der Waals surface area contributed by atoms with Gasteiger partial charge in [0.15, 0.2) is 0 Å². The first-order chi connectivity index (χ1) is 4.43. The minimum absolute atomic E-state index is 0.941. The summed E-state index contributed by atoms with van der Waals surface area (Å²) in [6, 6.07) is 0. The monoisotopic (exact) mass is 144 g/mol. The van der Waals surface area contributed by atoms with Gasteiger partial charge in [-0.05, 0) is 24.5 Å². The Balaban J connectivity index is 2.18. The van der Waals surface area contributed by atoms with Gasteiger partial charge in [0.1, 0.15) is 0 Å². The first-order valence-electron chi connectivity index (χ1n) is 4.04. The van der Waals surface area contributed by atoms with E-state index in [0.29, 0.717) is 0 Å². The van der Waals surface area contributed by atoms with E-state index in [9.17, 15) is 0 Å². The van der Waals surface area contributed by atoms with Crippen LogP contribution in [0.5, 0.6) is 0 Å². The second-order valence-electron chi connectivity index (χ2n) is 3.04. The van der Waals surface area contributed by atoms with Crippen LogP contribution in [-0.4, -0.2) is 5.75 Å². The van der Waals surface area contributed by atoms with E-state index < -0.39 is 0 Å². The predicted molar refractivity (Wildman–Crippen MR) is 45.0 cm³/mol. The molecule has 0 aromatic carbocycles. The van der Waals surface area contributed by atoms with Crippen LogP contribution in [0.2, 0.25) is 0 Å². The van der Waals surface area contributed by atoms with E-state index in [1.165, 1.54) is 38.5 Å². The smallest absolute Gasteiger partial charge is 0.00695 e. The maximum Gasteiger partial charge on any atom is -0.00695 e. The van der Waals surface area contributed by atoms with Crippen molar-refractivity contribution in [1.29, 1.82) is 0 Å². The Labute approximate surface area is 63.4 Å². The van der Waals surface area contributed by atoms with Gasteiger partial charge >= 0.3 is 0 Å². The molecule has 1 rings (SSSR count). The zero-order chi connectivity index (χ0) is 6.53. The average molecular weight is 144 g/mol. The molecule has 1 aliphatic carbocycles. The third kappa shape index (κ3) is 2.61. The SMILES string of the molecule is SCC1CCCCCC1. The Bertz CT molecular complexity index is 63.0. The van der Waals surface area contributed by atoms with Gasteiger partial charge in [-0.1, -0.05) is 25.7 Å². The highest BCUT2D eigenvalue weighted by molar-refractivity contribution is 7.80. The number of rotatable bonds is 1. The van der Waals surface area contributed by atoms with Crippen LogP contribution >= 0.6 is 12.6 Å². The molecule has 0 saturated heterocycles. The average Bonchev–Trinajstić information content (AvgIpc) is 2.13. The lowest BCUT2D eigenvalue weighted by atomic mass is 10.0. The zero-order valence-corrected chi connectivity index (χ0v) is 6.87. The van der Waals surface area contributed by atoms with Crippen molar-refractivity contribution in [2.75, 3.05) is 5.75 Å². The van der Waals surface area contributed by atoms with Crippen LogP contribution in [0.15, 0.2) is 0 Å². The summed E-state index contributed by atoms with van der Waals surface area (Å²) >= 11 is 4.31. The van der Waals surface area contributed by atoms with E-state index in [0.717, 1.165) is 11.7 Å². The van der Waals surface area contributed by atoms with Crippen LogP contribution in [0, 0.1) is 5.92 Å². The largest absolute Gasteiger partial charge is 0.179 e. The minimum Gasteiger partial charge on any atom is -0.179 e. The van der Waals surface area contributed by atoms with Gasteiger partial charge in [-0.15, -0.1) is 0 Å². The summed E-state index contributed by atoms with van der Waals surface area (Å²) in [5.74, 6) is 2.05. The Morgan fingerprint density at radius 3 is 2.00 bits per heavy atom. The molecule has 0 unspecified atom stereocenters. The van der Waals surface area contributed by atoms with Gasteiger partial charge in [0.25, 0.3) is 0 Å². The number of thiol groups is 1. The van der Waals surface area contributed by atoms with Crippen molar-refractivity contribution in [2.24, 2.45) is 5.92 Å². The maximum atomic E-state index is 4.31. The molecule has 0 aliphatic heterocycles. The lowest BCUT2D eigenvalue weighted by Crippen LogP contribution is -1.98. The molecular formula is C8H16S.